The molecule has 184 valence electrons. The number of piperidine rings is 1. The quantitative estimate of drug-likeness (QED) is 0.472. The average molecular weight is 489 g/mol. The van der Waals surface area contributed by atoms with Crippen LogP contribution in [0.15, 0.2) is 24.4 Å². The summed E-state index contributed by atoms with van der Waals surface area (Å²) in [5, 5.41) is 17.8. The van der Waals surface area contributed by atoms with Crippen LogP contribution in [0.25, 0.3) is 5.69 Å². The lowest BCUT2D eigenvalue weighted by Crippen LogP contribution is -2.52. The maximum atomic E-state index is 12.9. The second kappa shape index (κ2) is 8.36. The van der Waals surface area contributed by atoms with Crippen molar-refractivity contribution < 1.29 is 19.2 Å². The molecule has 0 spiro atoms. The Morgan fingerprint density at radius 1 is 1.17 bits per heavy atom. The summed E-state index contributed by atoms with van der Waals surface area (Å²) in [4.78, 5) is 55.3. The van der Waals surface area contributed by atoms with Crippen LogP contribution in [0, 0.1) is 6.92 Å². The van der Waals surface area contributed by atoms with E-state index >= 15 is 0 Å². The standard InChI is InChI=1S/C23H23N9O4/c1-12-24-19-6-2-14(10-32(19)28-12)25-21(34)17-11-31(29-27-17)15-3-4-16-13(8-15)9-30(23(16)36)18-5-7-20(33)26-22(18)35/h3-4,8,11,14,18H,2,5-7,9-10H2,1H3,(H,25,34)(H,26,33,35). The van der Waals surface area contributed by atoms with E-state index in [2.05, 4.69) is 31.0 Å². The number of nitrogens with zero attached hydrogens (tertiary/aromatic N) is 7. The zero-order valence-corrected chi connectivity index (χ0v) is 19.5. The van der Waals surface area contributed by atoms with Crippen LogP contribution in [0.3, 0.4) is 0 Å². The van der Waals surface area contributed by atoms with Crippen molar-refractivity contribution in [1.82, 2.24) is 45.3 Å². The molecule has 2 unspecified atom stereocenters. The van der Waals surface area contributed by atoms with Crippen molar-refractivity contribution in [2.45, 2.75) is 57.8 Å². The van der Waals surface area contributed by atoms with Crippen LogP contribution in [0.2, 0.25) is 0 Å². The zero-order chi connectivity index (χ0) is 25.0. The monoisotopic (exact) mass is 489 g/mol. The number of nitrogens with one attached hydrogen (secondary N) is 2. The molecule has 2 aromatic heterocycles. The third-order valence-corrected chi connectivity index (χ3v) is 6.80. The van der Waals surface area contributed by atoms with E-state index in [1.54, 1.807) is 24.4 Å². The highest BCUT2D eigenvalue weighted by atomic mass is 16.2. The van der Waals surface area contributed by atoms with Gasteiger partial charge in [-0.15, -0.1) is 5.10 Å². The molecule has 0 bridgehead atoms. The first kappa shape index (κ1) is 22.1. The van der Waals surface area contributed by atoms with Crippen molar-refractivity contribution >= 4 is 23.6 Å². The Balaban J connectivity index is 1.15. The lowest BCUT2D eigenvalue weighted by Gasteiger charge is -2.29. The molecule has 1 fully saturated rings. The molecule has 2 atom stereocenters. The van der Waals surface area contributed by atoms with Crippen molar-refractivity contribution in [2.75, 3.05) is 0 Å². The molecular weight excluding hydrogens is 466 g/mol. The third kappa shape index (κ3) is 3.82. The first-order chi connectivity index (χ1) is 17.4. The number of aryl methyl sites for hydroxylation is 2. The third-order valence-electron chi connectivity index (χ3n) is 6.80. The van der Waals surface area contributed by atoms with Gasteiger partial charge in [0.1, 0.15) is 17.7 Å². The molecule has 36 heavy (non-hydrogen) atoms. The minimum absolute atomic E-state index is 0.0829. The summed E-state index contributed by atoms with van der Waals surface area (Å²) in [5.41, 5.74) is 2.06. The molecule has 6 rings (SSSR count). The molecule has 1 saturated heterocycles. The van der Waals surface area contributed by atoms with Crippen molar-refractivity contribution in [1.29, 1.82) is 0 Å². The normalized spacial score (nSPS) is 21.2. The van der Waals surface area contributed by atoms with E-state index in [1.807, 2.05) is 11.6 Å². The van der Waals surface area contributed by atoms with E-state index < -0.39 is 11.9 Å². The van der Waals surface area contributed by atoms with E-state index in [9.17, 15) is 19.2 Å². The Morgan fingerprint density at radius 3 is 2.86 bits per heavy atom. The number of benzene rings is 1. The summed E-state index contributed by atoms with van der Waals surface area (Å²) >= 11 is 0. The molecule has 13 heteroatoms. The van der Waals surface area contributed by atoms with Crippen molar-refractivity contribution in [3.63, 3.8) is 0 Å². The summed E-state index contributed by atoms with van der Waals surface area (Å²) < 4.78 is 3.30. The van der Waals surface area contributed by atoms with Gasteiger partial charge in [-0.25, -0.2) is 14.3 Å². The average Bonchev–Trinajstić information content (AvgIpc) is 3.56. The molecular formula is C23H23N9O4. The molecule has 3 aliphatic heterocycles. The van der Waals surface area contributed by atoms with Gasteiger partial charge < -0.3 is 10.2 Å². The van der Waals surface area contributed by atoms with Gasteiger partial charge in [-0.3, -0.25) is 24.5 Å². The van der Waals surface area contributed by atoms with E-state index in [1.165, 1.54) is 9.58 Å². The van der Waals surface area contributed by atoms with Crippen molar-refractivity contribution in [3.8, 4) is 5.69 Å². The minimum Gasteiger partial charge on any atom is -0.346 e. The molecule has 3 aliphatic rings. The van der Waals surface area contributed by atoms with Gasteiger partial charge in [0.25, 0.3) is 11.8 Å². The van der Waals surface area contributed by atoms with Gasteiger partial charge in [0.2, 0.25) is 11.8 Å². The van der Waals surface area contributed by atoms with Crippen molar-refractivity contribution in [2.24, 2.45) is 0 Å². The SMILES string of the molecule is Cc1nc2n(n1)CC(NC(=O)c1cn(-c3ccc4c(c3)CN(C3CCC(=O)NC3=O)C4=O)nn1)CC2. The van der Waals surface area contributed by atoms with Crippen LogP contribution in [-0.2, 0) is 29.1 Å². The fourth-order valence-electron chi connectivity index (χ4n) is 5.01. The number of rotatable bonds is 4. The number of hydrogen-bond acceptors (Lipinski definition) is 8. The van der Waals surface area contributed by atoms with Crippen LogP contribution in [0.4, 0.5) is 0 Å². The predicted octanol–water partition coefficient (Wildman–Crippen LogP) is -0.327. The number of carbonyl (C=O) groups excluding carboxylic acids is 4. The lowest BCUT2D eigenvalue weighted by molar-refractivity contribution is -0.136. The number of aromatic nitrogens is 6. The lowest BCUT2D eigenvalue weighted by atomic mass is 10.0. The molecule has 0 aliphatic carbocycles. The molecule has 1 aromatic carbocycles. The highest BCUT2D eigenvalue weighted by molar-refractivity contribution is 6.05. The van der Waals surface area contributed by atoms with Crippen molar-refractivity contribution in [3.05, 3.63) is 52.9 Å². The summed E-state index contributed by atoms with van der Waals surface area (Å²) in [6.07, 6.45) is 3.55. The van der Waals surface area contributed by atoms with Crippen LogP contribution < -0.4 is 10.6 Å². The maximum Gasteiger partial charge on any atom is 0.273 e. The first-order valence-electron chi connectivity index (χ1n) is 11.8. The van der Waals surface area contributed by atoms with Gasteiger partial charge in [-0.1, -0.05) is 5.21 Å². The van der Waals surface area contributed by atoms with Crippen LogP contribution in [-0.4, -0.2) is 70.4 Å². The Labute approximate surface area is 204 Å². The molecule has 13 nitrogen and oxygen atoms in total. The van der Waals surface area contributed by atoms with E-state index in [0.717, 1.165) is 30.1 Å². The predicted molar refractivity (Wildman–Crippen MR) is 122 cm³/mol. The van der Waals surface area contributed by atoms with Gasteiger partial charge in [-0.05, 0) is 43.5 Å². The van der Waals surface area contributed by atoms with Gasteiger partial charge in [0.05, 0.1) is 18.4 Å². The molecule has 2 N–H and O–H groups in total. The zero-order valence-electron chi connectivity index (χ0n) is 19.5. The summed E-state index contributed by atoms with van der Waals surface area (Å²) in [5.74, 6) is 0.296. The maximum absolute atomic E-state index is 12.9. The summed E-state index contributed by atoms with van der Waals surface area (Å²) in [6, 6.07) is 4.44. The minimum atomic E-state index is -0.676. The molecule has 0 saturated carbocycles. The van der Waals surface area contributed by atoms with Crippen LogP contribution >= 0.6 is 0 Å². The van der Waals surface area contributed by atoms with E-state index in [0.29, 0.717) is 24.2 Å². The highest BCUT2D eigenvalue weighted by Gasteiger charge is 2.39. The second-order valence-corrected chi connectivity index (χ2v) is 9.26. The van der Waals surface area contributed by atoms with Gasteiger partial charge >= 0.3 is 0 Å². The molecule has 5 heterocycles. The van der Waals surface area contributed by atoms with E-state index in [-0.39, 0.29) is 42.4 Å². The largest absolute Gasteiger partial charge is 0.346 e. The summed E-state index contributed by atoms with van der Waals surface area (Å²) in [6.45, 7) is 2.65. The summed E-state index contributed by atoms with van der Waals surface area (Å²) in [7, 11) is 0. The Hall–Kier alpha value is -4.42. The number of hydrogen-bond donors (Lipinski definition) is 2. The second-order valence-electron chi connectivity index (χ2n) is 9.26. The number of carbonyl (C=O) groups is 4. The Morgan fingerprint density at radius 2 is 2.03 bits per heavy atom. The fraction of sp³-hybridized carbons (Fsp3) is 0.391. The number of amides is 4. The molecule has 4 amide bonds. The molecule has 3 aromatic rings. The first-order valence-corrected chi connectivity index (χ1v) is 11.8. The van der Waals surface area contributed by atoms with Gasteiger partial charge in [-0.2, -0.15) is 5.10 Å². The fourth-order valence-corrected chi connectivity index (χ4v) is 5.01. The number of fused-ring (bicyclic) bond motifs is 2. The highest BCUT2D eigenvalue weighted by Crippen LogP contribution is 2.29. The Bertz CT molecular complexity index is 1420. The molecule has 0 radical (unpaired) electrons. The van der Waals surface area contributed by atoms with Gasteiger partial charge in [0.15, 0.2) is 5.69 Å². The van der Waals surface area contributed by atoms with Crippen LogP contribution in [0.5, 0.6) is 0 Å². The van der Waals surface area contributed by atoms with Crippen LogP contribution in [0.1, 0.15) is 57.3 Å². The van der Waals surface area contributed by atoms with E-state index in [4.69, 9.17) is 0 Å². The topological polar surface area (TPSA) is 157 Å². The number of imide groups is 1. The Kier molecular flexibility index (Phi) is 5.12. The smallest absolute Gasteiger partial charge is 0.273 e. The van der Waals surface area contributed by atoms with Gasteiger partial charge in [0, 0.05) is 31.0 Å².